The van der Waals surface area contributed by atoms with Gasteiger partial charge < -0.3 is 0 Å². The molecule has 3 aromatic heterocycles. The Morgan fingerprint density at radius 1 is 1.13 bits per heavy atom. The van der Waals surface area contributed by atoms with Crippen LogP contribution in [0, 0.1) is 6.92 Å². The van der Waals surface area contributed by atoms with Crippen molar-refractivity contribution in [2.45, 2.75) is 6.92 Å². The molecule has 0 unspecified atom stereocenters. The first-order valence-electron chi connectivity index (χ1n) is 9.41. The van der Waals surface area contributed by atoms with Crippen LogP contribution in [0.2, 0.25) is 0 Å². The van der Waals surface area contributed by atoms with Gasteiger partial charge in [0.2, 0.25) is 10.8 Å². The van der Waals surface area contributed by atoms with Crippen LogP contribution in [0.1, 0.15) is 15.9 Å². The largest absolute Gasteiger partial charge is 0.437 e. The number of nitrogens with zero attached hydrogens (tertiary/aromatic N) is 4. The van der Waals surface area contributed by atoms with E-state index in [4.69, 9.17) is 4.52 Å². The number of hydrogen-bond donors (Lipinski definition) is 1. The van der Waals surface area contributed by atoms with Gasteiger partial charge in [0.25, 0.3) is 0 Å². The molecule has 0 bridgehead atoms. The van der Waals surface area contributed by atoms with Crippen molar-refractivity contribution in [3.05, 3.63) is 87.7 Å². The first-order valence-corrected chi connectivity index (χ1v) is 10.3. The number of thiazole rings is 1. The van der Waals surface area contributed by atoms with E-state index in [0.717, 1.165) is 23.1 Å². The molecule has 5 aromatic rings. The lowest BCUT2D eigenvalue weighted by molar-refractivity contribution is -0.660. The Bertz CT molecular complexity index is 1430. The van der Waals surface area contributed by atoms with Gasteiger partial charge in [-0.15, -0.1) is 11.3 Å². The van der Waals surface area contributed by atoms with Crippen molar-refractivity contribution in [2.24, 2.45) is 0 Å². The number of aldehydes is 1. The number of aromatic nitrogens is 5. The van der Waals surface area contributed by atoms with Crippen LogP contribution >= 0.6 is 11.3 Å². The zero-order valence-corrected chi connectivity index (χ0v) is 17.2. The monoisotopic (exact) mass is 430 g/mol. The molecule has 1 N–H and O–H groups in total. The number of carbonyl (C=O) groups is 1. The third-order valence-corrected chi connectivity index (χ3v) is 5.62. The summed E-state index contributed by atoms with van der Waals surface area (Å²) in [6.45, 7) is 1.99. The lowest BCUT2D eigenvalue weighted by atomic mass is 10.1. The van der Waals surface area contributed by atoms with E-state index in [-0.39, 0.29) is 5.69 Å². The maximum absolute atomic E-state index is 12.4. The van der Waals surface area contributed by atoms with E-state index in [0.29, 0.717) is 22.1 Å². The van der Waals surface area contributed by atoms with Gasteiger partial charge in [-0.25, -0.2) is 14.5 Å². The summed E-state index contributed by atoms with van der Waals surface area (Å²) in [5, 5.41) is 9.45. The van der Waals surface area contributed by atoms with Crippen molar-refractivity contribution in [3.8, 4) is 33.5 Å². The summed E-state index contributed by atoms with van der Waals surface area (Å²) in [5.74, 6) is 0. The smallest absolute Gasteiger partial charge is 0.298 e. The molecule has 0 amide bonds. The van der Waals surface area contributed by atoms with Gasteiger partial charge in [-0.1, -0.05) is 48.0 Å². The molecule has 0 saturated carbocycles. The van der Waals surface area contributed by atoms with Gasteiger partial charge >= 0.3 is 11.3 Å². The molecule has 2 aromatic carbocycles. The molecule has 5 rings (SSSR count). The first-order chi connectivity index (χ1) is 15.1. The molecule has 3 heterocycles. The second-order valence-corrected chi connectivity index (χ2v) is 7.71. The molecule has 0 saturated heterocycles. The minimum Gasteiger partial charge on any atom is -0.298 e. The van der Waals surface area contributed by atoms with Crippen LogP contribution in [0.15, 0.2) is 75.5 Å². The number of benzene rings is 2. The third-order valence-electron chi connectivity index (χ3n) is 4.79. The summed E-state index contributed by atoms with van der Waals surface area (Å²) in [5.41, 5.74) is 3.90. The van der Waals surface area contributed by atoms with Gasteiger partial charge in [0.05, 0.1) is 5.56 Å². The summed E-state index contributed by atoms with van der Waals surface area (Å²) in [6, 6.07) is 17.1. The summed E-state index contributed by atoms with van der Waals surface area (Å²) >= 11 is 1.31. The zero-order chi connectivity index (χ0) is 21.4. The predicted octanol–water partition coefficient (Wildman–Crippen LogP) is 3.34. The Morgan fingerprint density at radius 2 is 1.90 bits per heavy atom. The van der Waals surface area contributed by atoms with E-state index in [1.807, 2.05) is 61.5 Å². The van der Waals surface area contributed by atoms with E-state index in [1.165, 1.54) is 11.3 Å². The van der Waals surface area contributed by atoms with E-state index in [9.17, 15) is 9.59 Å². The fraction of sp³-hybridized carbons (Fsp3) is 0.0455. The SMILES string of the molecule is Cc1ccc(-[n+]2[nH]oc(=O)c2-c2csc(-n3cc(C=O)c(-c4ccccc4)n3)n2)cc1. The number of rotatable bonds is 5. The van der Waals surface area contributed by atoms with E-state index in [1.54, 1.807) is 20.9 Å². The normalized spacial score (nSPS) is 11.0. The fourth-order valence-corrected chi connectivity index (χ4v) is 3.97. The molecule has 0 aliphatic carbocycles. The Balaban J connectivity index is 1.56. The minimum atomic E-state index is -0.531. The Labute approximate surface area is 180 Å². The number of aryl methyl sites for hydroxylation is 1. The Hall–Kier alpha value is -4.11. The molecule has 0 radical (unpaired) electrons. The summed E-state index contributed by atoms with van der Waals surface area (Å²) in [4.78, 5) is 28.5. The Kier molecular flexibility index (Phi) is 4.64. The number of nitrogens with one attached hydrogen (secondary N) is 1. The standard InChI is InChI=1S/C22H15N5O3S/c1-14-7-9-17(10-8-14)27-20(21(29)30-25-27)18-13-31-22(23-18)26-11-16(12-28)19(24-26)15-5-3-2-4-6-15/h2-13H,1H3/p+1. The van der Waals surface area contributed by atoms with Gasteiger partial charge in [-0.3, -0.25) is 9.32 Å². The van der Waals surface area contributed by atoms with Crippen molar-refractivity contribution in [1.29, 1.82) is 0 Å². The van der Waals surface area contributed by atoms with Crippen molar-refractivity contribution < 1.29 is 14.0 Å². The Morgan fingerprint density at radius 3 is 2.65 bits per heavy atom. The summed E-state index contributed by atoms with van der Waals surface area (Å²) in [6.07, 6.45) is 2.40. The van der Waals surface area contributed by atoms with Crippen molar-refractivity contribution in [3.63, 3.8) is 0 Å². The molecule has 31 heavy (non-hydrogen) atoms. The number of carbonyl (C=O) groups excluding carboxylic acids is 1. The minimum absolute atomic E-state index is 0.275. The molecular weight excluding hydrogens is 414 g/mol. The van der Waals surface area contributed by atoms with Gasteiger partial charge in [0.1, 0.15) is 5.69 Å². The molecule has 8 nitrogen and oxygen atoms in total. The maximum Gasteiger partial charge on any atom is 0.437 e. The topological polar surface area (TPSA) is 97.7 Å². The maximum atomic E-state index is 12.4. The second-order valence-electron chi connectivity index (χ2n) is 6.88. The molecule has 9 heteroatoms. The van der Waals surface area contributed by atoms with Crippen molar-refractivity contribution >= 4 is 17.6 Å². The lowest BCUT2D eigenvalue weighted by Crippen LogP contribution is -2.36. The van der Waals surface area contributed by atoms with E-state index >= 15 is 0 Å². The average Bonchev–Trinajstić information content (AvgIpc) is 3.52. The predicted molar refractivity (Wildman–Crippen MR) is 115 cm³/mol. The highest BCUT2D eigenvalue weighted by Crippen LogP contribution is 2.25. The van der Waals surface area contributed by atoms with E-state index in [2.05, 4.69) is 15.4 Å². The number of hydrogen-bond acceptors (Lipinski definition) is 6. The molecule has 0 fully saturated rings. The highest BCUT2D eigenvalue weighted by atomic mass is 32.1. The zero-order valence-electron chi connectivity index (χ0n) is 16.4. The third kappa shape index (κ3) is 3.40. The molecule has 0 atom stereocenters. The highest BCUT2D eigenvalue weighted by molar-refractivity contribution is 7.12. The van der Waals surface area contributed by atoms with Crippen LogP contribution in [-0.4, -0.2) is 26.3 Å². The fourth-order valence-electron chi connectivity index (χ4n) is 3.24. The average molecular weight is 430 g/mol. The van der Waals surface area contributed by atoms with Gasteiger partial charge in [0.15, 0.2) is 12.0 Å². The van der Waals surface area contributed by atoms with Gasteiger partial charge in [-0.2, -0.15) is 5.10 Å². The number of aromatic amines is 1. The summed E-state index contributed by atoms with van der Waals surface area (Å²) < 4.78 is 8.12. The molecule has 152 valence electrons. The number of H-pyrrole nitrogens is 1. The van der Waals surface area contributed by atoms with Gasteiger partial charge in [-0.05, 0) is 16.9 Å². The van der Waals surface area contributed by atoms with Crippen molar-refractivity contribution in [1.82, 2.24) is 20.0 Å². The second kappa shape index (κ2) is 7.62. The molecule has 0 aliphatic rings. The van der Waals surface area contributed by atoms with E-state index < -0.39 is 5.63 Å². The molecular formula is C22H16N5O3S+. The summed E-state index contributed by atoms with van der Waals surface area (Å²) in [7, 11) is 0. The lowest BCUT2D eigenvalue weighted by Gasteiger charge is -1.97. The van der Waals surface area contributed by atoms with Crippen LogP contribution in [-0.2, 0) is 0 Å². The highest BCUT2D eigenvalue weighted by Gasteiger charge is 2.28. The molecule has 0 aliphatic heterocycles. The quantitative estimate of drug-likeness (QED) is 0.341. The first kappa shape index (κ1) is 18.9. The molecule has 0 spiro atoms. The van der Waals surface area contributed by atoms with Crippen LogP contribution in [0.25, 0.3) is 33.5 Å². The van der Waals surface area contributed by atoms with Crippen LogP contribution in [0.4, 0.5) is 0 Å². The van der Waals surface area contributed by atoms with Crippen LogP contribution < -0.4 is 10.3 Å². The van der Waals surface area contributed by atoms with Crippen LogP contribution in [0.5, 0.6) is 0 Å². The van der Waals surface area contributed by atoms with Crippen molar-refractivity contribution in [2.75, 3.05) is 0 Å². The van der Waals surface area contributed by atoms with Crippen LogP contribution in [0.3, 0.4) is 0 Å². The van der Waals surface area contributed by atoms with Gasteiger partial charge in [0, 0.05) is 29.3 Å².